The van der Waals surface area contributed by atoms with Crippen molar-refractivity contribution in [2.75, 3.05) is 19.3 Å². The van der Waals surface area contributed by atoms with E-state index >= 15 is 0 Å². The fourth-order valence-corrected chi connectivity index (χ4v) is 3.11. The highest BCUT2D eigenvalue weighted by Crippen LogP contribution is 2.28. The summed E-state index contributed by atoms with van der Waals surface area (Å²) in [6.45, 7) is 8.46. The highest BCUT2D eigenvalue weighted by Gasteiger charge is 2.28. The number of amides is 2. The molecule has 4 heteroatoms. The first kappa shape index (κ1) is 14.2. The van der Waals surface area contributed by atoms with Gasteiger partial charge in [0.25, 0.3) is 0 Å². The van der Waals surface area contributed by atoms with E-state index in [0.29, 0.717) is 24.4 Å². The minimum Gasteiger partial charge on any atom is -0.334 e. The number of rotatable bonds is 6. The van der Waals surface area contributed by atoms with Crippen LogP contribution >= 0.6 is 11.8 Å². The van der Waals surface area contributed by atoms with Crippen molar-refractivity contribution in [3.05, 3.63) is 25.3 Å². The Morgan fingerprint density at radius 1 is 1.41 bits per heavy atom. The zero-order valence-electron chi connectivity index (χ0n) is 10.5. The molecule has 0 aromatic rings. The molecule has 0 heterocycles. The smallest absolute Gasteiger partial charge is 0.318 e. The summed E-state index contributed by atoms with van der Waals surface area (Å²) in [5.41, 5.74) is 0. The molecule has 1 fully saturated rings. The second kappa shape index (κ2) is 7.43. The first-order chi connectivity index (χ1) is 8.22. The largest absolute Gasteiger partial charge is 0.334 e. The Labute approximate surface area is 108 Å². The molecule has 0 aromatic carbocycles. The number of hydrogen-bond donors (Lipinski definition) is 1. The lowest BCUT2D eigenvalue weighted by Crippen LogP contribution is -2.46. The van der Waals surface area contributed by atoms with E-state index in [2.05, 4.69) is 24.7 Å². The minimum absolute atomic E-state index is 0.00394. The molecule has 0 unspecified atom stereocenters. The molecule has 2 atom stereocenters. The van der Waals surface area contributed by atoms with Crippen LogP contribution in [0.25, 0.3) is 0 Å². The van der Waals surface area contributed by atoms with E-state index in [1.165, 1.54) is 12.8 Å². The Balaban J connectivity index is 2.50. The lowest BCUT2D eigenvalue weighted by atomic mass is 10.2. The second-order valence-corrected chi connectivity index (χ2v) is 5.32. The third kappa shape index (κ3) is 4.11. The van der Waals surface area contributed by atoms with E-state index in [1.54, 1.807) is 17.1 Å². The first-order valence-electron chi connectivity index (χ1n) is 6.03. The van der Waals surface area contributed by atoms with Gasteiger partial charge in [0.15, 0.2) is 0 Å². The van der Waals surface area contributed by atoms with Gasteiger partial charge in [0.05, 0.1) is 0 Å². The summed E-state index contributed by atoms with van der Waals surface area (Å²) in [6, 6.07) is 0.311. The zero-order valence-corrected chi connectivity index (χ0v) is 11.3. The zero-order chi connectivity index (χ0) is 12.7. The molecule has 0 bridgehead atoms. The Morgan fingerprint density at radius 2 is 2.06 bits per heavy atom. The highest BCUT2D eigenvalue weighted by atomic mass is 32.2. The van der Waals surface area contributed by atoms with E-state index < -0.39 is 0 Å². The van der Waals surface area contributed by atoms with Crippen molar-refractivity contribution < 1.29 is 4.79 Å². The average molecular weight is 254 g/mol. The highest BCUT2D eigenvalue weighted by molar-refractivity contribution is 7.99. The summed E-state index contributed by atoms with van der Waals surface area (Å²) in [5, 5.41) is 3.68. The van der Waals surface area contributed by atoms with Gasteiger partial charge in [-0.05, 0) is 19.1 Å². The number of thioether (sulfide) groups is 1. The Hall–Kier alpha value is -0.900. The molecule has 17 heavy (non-hydrogen) atoms. The topological polar surface area (TPSA) is 32.3 Å². The molecule has 1 N–H and O–H groups in total. The maximum absolute atomic E-state index is 12.1. The maximum atomic E-state index is 12.1. The van der Waals surface area contributed by atoms with Gasteiger partial charge in [-0.25, -0.2) is 4.79 Å². The molecule has 2 amide bonds. The van der Waals surface area contributed by atoms with Crippen molar-refractivity contribution in [1.29, 1.82) is 0 Å². The Bertz CT molecular complexity index is 271. The predicted molar refractivity (Wildman–Crippen MR) is 75.4 cm³/mol. The lowest BCUT2D eigenvalue weighted by molar-refractivity contribution is 0.204. The second-order valence-electron chi connectivity index (χ2n) is 4.24. The van der Waals surface area contributed by atoms with Crippen LogP contribution in [0.1, 0.15) is 19.3 Å². The number of nitrogens with zero attached hydrogens (tertiary/aromatic N) is 1. The first-order valence-corrected chi connectivity index (χ1v) is 7.31. The summed E-state index contributed by atoms with van der Waals surface area (Å²) < 4.78 is 0. The van der Waals surface area contributed by atoms with Gasteiger partial charge >= 0.3 is 6.03 Å². The van der Waals surface area contributed by atoms with Gasteiger partial charge in [0, 0.05) is 24.4 Å². The van der Waals surface area contributed by atoms with Crippen LogP contribution < -0.4 is 5.32 Å². The van der Waals surface area contributed by atoms with Gasteiger partial charge in [-0.1, -0.05) is 18.6 Å². The normalized spacial score (nSPS) is 23.1. The molecule has 3 nitrogen and oxygen atoms in total. The van der Waals surface area contributed by atoms with E-state index in [1.807, 2.05) is 11.8 Å². The third-order valence-corrected chi connectivity index (χ3v) is 4.22. The number of hydrogen-bond acceptors (Lipinski definition) is 2. The summed E-state index contributed by atoms with van der Waals surface area (Å²) in [7, 11) is 0. The van der Waals surface area contributed by atoms with Crippen molar-refractivity contribution in [3.63, 3.8) is 0 Å². The molecule has 1 saturated carbocycles. The number of nitrogens with one attached hydrogen (secondary N) is 1. The summed E-state index contributed by atoms with van der Waals surface area (Å²) >= 11 is 1.85. The molecule has 0 spiro atoms. The summed E-state index contributed by atoms with van der Waals surface area (Å²) in [6.07, 6.45) is 9.09. The molecule has 0 aromatic heterocycles. The number of carbonyl (C=O) groups excluding carboxylic acids is 1. The van der Waals surface area contributed by atoms with Crippen LogP contribution in [-0.4, -0.2) is 41.6 Å². The van der Waals surface area contributed by atoms with Gasteiger partial charge in [-0.15, -0.1) is 13.2 Å². The fourth-order valence-electron chi connectivity index (χ4n) is 2.18. The van der Waals surface area contributed by atoms with Crippen LogP contribution in [0.4, 0.5) is 4.79 Å². The SMILES string of the molecule is C=CCN(CC=C)C(=O)N[C@H]1CCC[C@H]1SC. The third-order valence-electron chi connectivity index (χ3n) is 3.05. The lowest BCUT2D eigenvalue weighted by Gasteiger charge is -2.25. The summed E-state index contributed by atoms with van der Waals surface area (Å²) in [5.74, 6) is 0. The van der Waals surface area contributed by atoms with Gasteiger partial charge in [0.1, 0.15) is 0 Å². The molecule has 1 aliphatic carbocycles. The Morgan fingerprint density at radius 3 is 2.59 bits per heavy atom. The van der Waals surface area contributed by atoms with Crippen LogP contribution in [0.5, 0.6) is 0 Å². The van der Waals surface area contributed by atoms with Crippen LogP contribution in [0.2, 0.25) is 0 Å². The average Bonchev–Trinajstić information content (AvgIpc) is 2.76. The standard InChI is InChI=1S/C13H22N2OS/c1-4-9-15(10-5-2)13(16)14-11-7-6-8-12(11)17-3/h4-5,11-12H,1-2,6-10H2,3H3,(H,14,16)/t11-,12+/m0/s1. The van der Waals surface area contributed by atoms with Crippen molar-refractivity contribution in [2.45, 2.75) is 30.6 Å². The van der Waals surface area contributed by atoms with Crippen molar-refractivity contribution in [1.82, 2.24) is 10.2 Å². The fraction of sp³-hybridized carbons (Fsp3) is 0.615. The van der Waals surface area contributed by atoms with Crippen LogP contribution in [0.15, 0.2) is 25.3 Å². The van der Waals surface area contributed by atoms with Gasteiger partial charge in [-0.2, -0.15) is 11.8 Å². The van der Waals surface area contributed by atoms with Gasteiger partial charge < -0.3 is 10.2 Å². The molecule has 0 radical (unpaired) electrons. The molecule has 0 saturated heterocycles. The van der Waals surface area contributed by atoms with Crippen molar-refractivity contribution in [3.8, 4) is 0 Å². The maximum Gasteiger partial charge on any atom is 0.318 e. The minimum atomic E-state index is -0.00394. The van der Waals surface area contributed by atoms with Crippen molar-refractivity contribution >= 4 is 17.8 Å². The van der Waals surface area contributed by atoms with E-state index in [4.69, 9.17) is 0 Å². The van der Waals surface area contributed by atoms with Crippen LogP contribution in [0.3, 0.4) is 0 Å². The van der Waals surface area contributed by atoms with Crippen LogP contribution in [-0.2, 0) is 0 Å². The van der Waals surface area contributed by atoms with Crippen molar-refractivity contribution in [2.24, 2.45) is 0 Å². The summed E-state index contributed by atoms with van der Waals surface area (Å²) in [4.78, 5) is 13.8. The molecular formula is C13H22N2OS. The van der Waals surface area contributed by atoms with Gasteiger partial charge in [0.2, 0.25) is 0 Å². The van der Waals surface area contributed by atoms with E-state index in [0.717, 1.165) is 6.42 Å². The monoisotopic (exact) mass is 254 g/mol. The number of carbonyl (C=O) groups is 1. The quantitative estimate of drug-likeness (QED) is 0.739. The Kier molecular flexibility index (Phi) is 6.19. The predicted octanol–water partition coefficient (Wildman–Crippen LogP) is 2.65. The molecule has 96 valence electrons. The van der Waals surface area contributed by atoms with Crippen LogP contribution in [0, 0.1) is 0 Å². The molecule has 0 aliphatic heterocycles. The van der Waals surface area contributed by atoms with E-state index in [-0.39, 0.29) is 6.03 Å². The van der Waals surface area contributed by atoms with E-state index in [9.17, 15) is 4.79 Å². The molecule has 1 aliphatic rings. The molecular weight excluding hydrogens is 232 g/mol. The number of urea groups is 1. The molecule has 1 rings (SSSR count). The van der Waals surface area contributed by atoms with Gasteiger partial charge in [-0.3, -0.25) is 0 Å².